The lowest BCUT2D eigenvalue weighted by molar-refractivity contribution is 0.210. The molecule has 0 N–H and O–H groups in total. The van der Waals surface area contributed by atoms with E-state index in [-0.39, 0.29) is 10.8 Å². The summed E-state index contributed by atoms with van der Waals surface area (Å²) in [6.07, 6.45) is 3.65. The van der Waals surface area contributed by atoms with Gasteiger partial charge in [0.2, 0.25) is 0 Å². The molecule has 1 aliphatic rings. The molecule has 0 aliphatic heterocycles. The Balaban J connectivity index is 2.24. The van der Waals surface area contributed by atoms with Gasteiger partial charge in [-0.25, -0.2) is 0 Å². The minimum atomic E-state index is 0.0950. The zero-order chi connectivity index (χ0) is 12.6. The van der Waals surface area contributed by atoms with Crippen molar-refractivity contribution in [1.82, 2.24) is 0 Å². The molecule has 0 nitrogen and oxygen atoms in total. The third-order valence-corrected chi connectivity index (χ3v) is 6.33. The van der Waals surface area contributed by atoms with Crippen LogP contribution in [0.3, 0.4) is 0 Å². The van der Waals surface area contributed by atoms with Crippen LogP contribution >= 0.6 is 34.5 Å². The number of rotatable bonds is 2. The Morgan fingerprint density at radius 1 is 1.35 bits per heavy atom. The van der Waals surface area contributed by atoms with Crippen LogP contribution in [0, 0.1) is 11.8 Å². The van der Waals surface area contributed by atoms with Crippen LogP contribution in [0.15, 0.2) is 11.4 Å². The largest absolute Gasteiger partial charge is 0.147 e. The highest BCUT2D eigenvalue weighted by Crippen LogP contribution is 2.47. The van der Waals surface area contributed by atoms with Crippen molar-refractivity contribution in [2.24, 2.45) is 11.8 Å². The van der Waals surface area contributed by atoms with Crippen LogP contribution < -0.4 is 0 Å². The summed E-state index contributed by atoms with van der Waals surface area (Å²) in [4.78, 5) is 1.30. The minimum Gasteiger partial charge on any atom is -0.147 e. The van der Waals surface area contributed by atoms with Gasteiger partial charge in [-0.05, 0) is 36.1 Å². The first-order chi connectivity index (χ1) is 7.93. The SMILES string of the molecule is CC1CCC(C(C)(C)c2sccc2Cl)C(Cl)C1. The smallest absolute Gasteiger partial charge is 0.0550 e. The molecule has 1 saturated carbocycles. The van der Waals surface area contributed by atoms with Crippen LogP contribution in [0.5, 0.6) is 0 Å². The maximum absolute atomic E-state index is 6.59. The Bertz CT molecular complexity index is 383. The molecule has 1 fully saturated rings. The average molecular weight is 291 g/mol. The lowest BCUT2D eigenvalue weighted by Crippen LogP contribution is -2.38. The molecular formula is C14H20Cl2S. The van der Waals surface area contributed by atoms with E-state index in [0.29, 0.717) is 5.92 Å². The van der Waals surface area contributed by atoms with Crippen LogP contribution in [0.25, 0.3) is 0 Å². The molecule has 3 heteroatoms. The summed E-state index contributed by atoms with van der Waals surface area (Å²) >= 11 is 14.6. The van der Waals surface area contributed by atoms with Crippen molar-refractivity contribution in [1.29, 1.82) is 0 Å². The number of hydrogen-bond donors (Lipinski definition) is 0. The molecule has 1 aromatic rings. The first-order valence-corrected chi connectivity index (χ1v) is 8.00. The van der Waals surface area contributed by atoms with E-state index >= 15 is 0 Å². The molecule has 1 aromatic heterocycles. The van der Waals surface area contributed by atoms with E-state index < -0.39 is 0 Å². The van der Waals surface area contributed by atoms with E-state index in [2.05, 4.69) is 26.2 Å². The lowest BCUT2D eigenvalue weighted by Gasteiger charge is -2.41. The third kappa shape index (κ3) is 2.67. The van der Waals surface area contributed by atoms with Gasteiger partial charge >= 0.3 is 0 Å². The lowest BCUT2D eigenvalue weighted by atomic mass is 9.68. The molecule has 0 amide bonds. The van der Waals surface area contributed by atoms with Crippen LogP contribution in [0.2, 0.25) is 5.02 Å². The van der Waals surface area contributed by atoms with Gasteiger partial charge in [0.15, 0.2) is 0 Å². The quantitative estimate of drug-likeness (QED) is 0.611. The molecular weight excluding hydrogens is 271 g/mol. The van der Waals surface area contributed by atoms with Gasteiger partial charge in [0.05, 0.1) is 5.02 Å². The van der Waals surface area contributed by atoms with E-state index in [0.717, 1.165) is 17.4 Å². The van der Waals surface area contributed by atoms with Gasteiger partial charge in [-0.2, -0.15) is 0 Å². The third-order valence-electron chi connectivity index (χ3n) is 4.16. The normalized spacial score (nSPS) is 30.5. The summed E-state index contributed by atoms with van der Waals surface area (Å²) in [5, 5.41) is 3.27. The molecule has 1 aliphatic carbocycles. The van der Waals surface area contributed by atoms with E-state index in [1.165, 1.54) is 17.7 Å². The van der Waals surface area contributed by atoms with Gasteiger partial charge in [0.25, 0.3) is 0 Å². The maximum atomic E-state index is 6.59. The molecule has 1 heterocycles. The number of alkyl halides is 1. The molecule has 0 bridgehead atoms. The molecule has 17 heavy (non-hydrogen) atoms. The zero-order valence-electron chi connectivity index (χ0n) is 10.7. The Morgan fingerprint density at radius 3 is 2.59 bits per heavy atom. The first-order valence-electron chi connectivity index (χ1n) is 6.30. The highest BCUT2D eigenvalue weighted by atomic mass is 35.5. The van der Waals surface area contributed by atoms with Gasteiger partial charge in [0.1, 0.15) is 0 Å². The van der Waals surface area contributed by atoms with Gasteiger partial charge in [-0.15, -0.1) is 22.9 Å². The second-order valence-corrected chi connectivity index (χ2v) is 7.74. The minimum absolute atomic E-state index is 0.0950. The molecule has 96 valence electrons. The maximum Gasteiger partial charge on any atom is 0.0550 e. The van der Waals surface area contributed by atoms with Crippen molar-refractivity contribution in [3.05, 3.63) is 21.3 Å². The van der Waals surface area contributed by atoms with Crippen LogP contribution in [-0.2, 0) is 5.41 Å². The van der Waals surface area contributed by atoms with Gasteiger partial charge in [-0.3, -0.25) is 0 Å². The zero-order valence-corrected chi connectivity index (χ0v) is 13.0. The van der Waals surface area contributed by atoms with Crippen molar-refractivity contribution in [3.8, 4) is 0 Å². The van der Waals surface area contributed by atoms with Crippen LogP contribution in [-0.4, -0.2) is 5.38 Å². The number of halogens is 2. The Hall–Kier alpha value is 0.280. The summed E-state index contributed by atoms with van der Waals surface area (Å²) in [6.45, 7) is 6.89. The van der Waals surface area contributed by atoms with Crippen LogP contribution in [0.1, 0.15) is 44.9 Å². The molecule has 0 aromatic carbocycles. The Labute approximate surface area is 118 Å². The second kappa shape index (κ2) is 5.11. The topological polar surface area (TPSA) is 0 Å². The molecule has 2 rings (SSSR count). The van der Waals surface area contributed by atoms with Gasteiger partial charge < -0.3 is 0 Å². The predicted octanol–water partition coefficient (Wildman–Crippen LogP) is 5.72. The molecule has 0 spiro atoms. The monoisotopic (exact) mass is 290 g/mol. The van der Waals surface area contributed by atoms with Crippen LogP contribution in [0.4, 0.5) is 0 Å². The highest BCUT2D eigenvalue weighted by molar-refractivity contribution is 7.10. The predicted molar refractivity (Wildman–Crippen MR) is 78.5 cm³/mol. The molecule has 0 saturated heterocycles. The van der Waals surface area contributed by atoms with E-state index in [1.54, 1.807) is 11.3 Å². The summed E-state index contributed by atoms with van der Waals surface area (Å²) < 4.78 is 0. The molecule has 3 atom stereocenters. The summed E-state index contributed by atoms with van der Waals surface area (Å²) in [7, 11) is 0. The second-order valence-electron chi connectivity index (χ2n) is 5.86. The van der Waals surface area contributed by atoms with Crippen molar-refractivity contribution in [2.45, 2.75) is 50.8 Å². The number of thiophene rings is 1. The summed E-state index contributed by atoms with van der Waals surface area (Å²) in [5.41, 5.74) is 0.0950. The Kier molecular flexibility index (Phi) is 4.12. The van der Waals surface area contributed by atoms with Crippen molar-refractivity contribution in [3.63, 3.8) is 0 Å². The fraction of sp³-hybridized carbons (Fsp3) is 0.714. The van der Waals surface area contributed by atoms with E-state index in [9.17, 15) is 0 Å². The van der Waals surface area contributed by atoms with Gasteiger partial charge in [0, 0.05) is 15.7 Å². The summed E-state index contributed by atoms with van der Waals surface area (Å²) in [6, 6.07) is 2.00. The first kappa shape index (κ1) is 13.7. The van der Waals surface area contributed by atoms with Crippen molar-refractivity contribution >= 4 is 34.5 Å². The Morgan fingerprint density at radius 2 is 2.06 bits per heavy atom. The number of hydrogen-bond acceptors (Lipinski definition) is 1. The van der Waals surface area contributed by atoms with E-state index in [1.807, 2.05) is 6.07 Å². The van der Waals surface area contributed by atoms with Crippen molar-refractivity contribution in [2.75, 3.05) is 0 Å². The standard InChI is InChI=1S/C14H20Cl2S/c1-9-4-5-10(12(16)8-9)14(2,3)13-11(15)6-7-17-13/h6-7,9-10,12H,4-5,8H2,1-3H3. The van der Waals surface area contributed by atoms with Gasteiger partial charge in [-0.1, -0.05) is 38.8 Å². The van der Waals surface area contributed by atoms with E-state index in [4.69, 9.17) is 23.2 Å². The van der Waals surface area contributed by atoms with Crippen molar-refractivity contribution < 1.29 is 0 Å². The fourth-order valence-corrected chi connectivity index (χ4v) is 5.28. The highest BCUT2D eigenvalue weighted by Gasteiger charge is 2.40. The fourth-order valence-electron chi connectivity index (χ4n) is 3.05. The average Bonchev–Trinajstić information content (AvgIpc) is 2.64. The molecule has 3 unspecified atom stereocenters. The summed E-state index contributed by atoms with van der Waals surface area (Å²) in [5.74, 6) is 1.31. The molecule has 0 radical (unpaired) electrons.